The Kier molecular flexibility index (Phi) is 6.39. The topological polar surface area (TPSA) is 81.9 Å². The van der Waals surface area contributed by atoms with Crippen LogP contribution >= 0.6 is 0 Å². The summed E-state index contributed by atoms with van der Waals surface area (Å²) in [5.41, 5.74) is 1.33. The molecule has 0 radical (unpaired) electrons. The van der Waals surface area contributed by atoms with Gasteiger partial charge in [-0.25, -0.2) is 9.97 Å². The van der Waals surface area contributed by atoms with Gasteiger partial charge in [-0.2, -0.15) is 0 Å². The van der Waals surface area contributed by atoms with Crippen LogP contribution < -0.4 is 9.80 Å². The maximum absolute atomic E-state index is 12.0. The molecule has 0 spiro atoms. The third-order valence-electron chi connectivity index (χ3n) is 6.01. The molecule has 30 heavy (non-hydrogen) atoms. The van der Waals surface area contributed by atoms with Gasteiger partial charge in [0.15, 0.2) is 0 Å². The van der Waals surface area contributed by atoms with Crippen molar-refractivity contribution in [3.63, 3.8) is 0 Å². The van der Waals surface area contributed by atoms with E-state index in [1.165, 1.54) is 11.9 Å². The molecule has 0 N–H and O–H groups in total. The summed E-state index contributed by atoms with van der Waals surface area (Å²) in [7, 11) is 0. The van der Waals surface area contributed by atoms with Crippen molar-refractivity contribution in [2.75, 3.05) is 68.7 Å². The van der Waals surface area contributed by atoms with Gasteiger partial charge >= 0.3 is 5.69 Å². The Hall–Kier alpha value is -2.78. The van der Waals surface area contributed by atoms with Crippen LogP contribution in [0.5, 0.6) is 0 Å². The van der Waals surface area contributed by atoms with Crippen LogP contribution in [0.25, 0.3) is 0 Å². The molecule has 0 bridgehead atoms. The highest BCUT2D eigenvalue weighted by Gasteiger charge is 2.32. The highest BCUT2D eigenvalue weighted by molar-refractivity contribution is 5.71. The summed E-state index contributed by atoms with van der Waals surface area (Å²) in [6.45, 7) is 10.4. The number of nitrogens with zero attached hydrogens (tertiary/aromatic N) is 7. The van der Waals surface area contributed by atoms with Gasteiger partial charge in [0.25, 0.3) is 0 Å². The van der Waals surface area contributed by atoms with E-state index < -0.39 is 0 Å². The zero-order chi connectivity index (χ0) is 20.9. The molecule has 0 aliphatic carbocycles. The van der Waals surface area contributed by atoms with Crippen molar-refractivity contribution in [1.82, 2.24) is 19.8 Å². The SMILES string of the molecule is CCN1CCN(c2ncnc(N3CCN(Cc4ccccc4)CC3)c2[N+](=O)[O-])CC1. The molecule has 2 saturated heterocycles. The van der Waals surface area contributed by atoms with Gasteiger partial charge in [-0.15, -0.1) is 0 Å². The lowest BCUT2D eigenvalue weighted by Crippen LogP contribution is -2.47. The lowest BCUT2D eigenvalue weighted by Gasteiger charge is -2.36. The van der Waals surface area contributed by atoms with Crippen LogP contribution in [0.2, 0.25) is 0 Å². The fraction of sp³-hybridized carbons (Fsp3) is 0.524. The molecule has 0 saturated carbocycles. The number of anilines is 2. The minimum atomic E-state index is -0.312. The summed E-state index contributed by atoms with van der Waals surface area (Å²) in [5, 5.41) is 12.0. The molecule has 2 aliphatic heterocycles. The van der Waals surface area contributed by atoms with E-state index in [-0.39, 0.29) is 10.6 Å². The molecule has 0 unspecified atom stereocenters. The standard InChI is InChI=1S/C21H29N7O2/c1-2-24-8-12-26(13-9-24)20-19(28(29)30)21(23-17-22-20)27-14-10-25(11-15-27)16-18-6-4-3-5-7-18/h3-7,17H,2,8-16H2,1H3. The minimum absolute atomic E-state index is 0.0407. The lowest BCUT2D eigenvalue weighted by molar-refractivity contribution is -0.383. The Morgan fingerprint density at radius 2 is 1.40 bits per heavy atom. The Bertz CT molecular complexity index is 848. The van der Waals surface area contributed by atoms with E-state index in [0.29, 0.717) is 24.7 Å². The average molecular weight is 412 g/mol. The van der Waals surface area contributed by atoms with E-state index in [0.717, 1.165) is 52.4 Å². The number of piperazine rings is 2. The average Bonchev–Trinajstić information content (AvgIpc) is 2.80. The van der Waals surface area contributed by atoms with E-state index in [4.69, 9.17) is 0 Å². The Morgan fingerprint density at radius 1 is 0.867 bits per heavy atom. The van der Waals surface area contributed by atoms with Crippen molar-refractivity contribution >= 4 is 17.3 Å². The third kappa shape index (κ3) is 4.52. The van der Waals surface area contributed by atoms with Crippen molar-refractivity contribution < 1.29 is 4.92 Å². The molecular weight excluding hydrogens is 382 g/mol. The minimum Gasteiger partial charge on any atom is -0.348 e. The summed E-state index contributed by atoms with van der Waals surface area (Å²) in [6.07, 6.45) is 1.47. The quantitative estimate of drug-likeness (QED) is 0.526. The highest BCUT2D eigenvalue weighted by atomic mass is 16.6. The lowest BCUT2D eigenvalue weighted by atomic mass is 10.2. The number of rotatable bonds is 6. The van der Waals surface area contributed by atoms with Crippen LogP contribution in [0.3, 0.4) is 0 Å². The summed E-state index contributed by atoms with van der Waals surface area (Å²) >= 11 is 0. The maximum Gasteiger partial charge on any atom is 0.353 e. The second-order valence-corrected chi connectivity index (χ2v) is 7.80. The van der Waals surface area contributed by atoms with Gasteiger partial charge < -0.3 is 14.7 Å². The van der Waals surface area contributed by atoms with Crippen molar-refractivity contribution in [3.05, 3.63) is 52.3 Å². The highest BCUT2D eigenvalue weighted by Crippen LogP contribution is 2.35. The smallest absolute Gasteiger partial charge is 0.348 e. The molecule has 0 amide bonds. The molecule has 4 rings (SSSR count). The number of aromatic nitrogens is 2. The Morgan fingerprint density at radius 3 is 1.90 bits per heavy atom. The van der Waals surface area contributed by atoms with Gasteiger partial charge in [-0.05, 0) is 12.1 Å². The molecule has 2 aliphatic rings. The van der Waals surface area contributed by atoms with Gasteiger partial charge in [-0.1, -0.05) is 37.3 Å². The summed E-state index contributed by atoms with van der Waals surface area (Å²) < 4.78 is 0. The molecule has 1 aromatic heterocycles. The number of nitro groups is 1. The second kappa shape index (κ2) is 9.36. The Labute approximate surface area is 177 Å². The van der Waals surface area contributed by atoms with Crippen LogP contribution in [0.15, 0.2) is 36.7 Å². The zero-order valence-electron chi connectivity index (χ0n) is 17.5. The number of benzene rings is 1. The molecule has 2 aromatic rings. The molecule has 0 atom stereocenters. The first kappa shape index (κ1) is 20.5. The van der Waals surface area contributed by atoms with E-state index in [2.05, 4.69) is 51.0 Å². The van der Waals surface area contributed by atoms with E-state index >= 15 is 0 Å². The first-order valence-corrected chi connectivity index (χ1v) is 10.6. The maximum atomic E-state index is 12.0. The van der Waals surface area contributed by atoms with Crippen molar-refractivity contribution in [2.45, 2.75) is 13.5 Å². The summed E-state index contributed by atoms with van der Waals surface area (Å²) in [4.78, 5) is 29.1. The van der Waals surface area contributed by atoms with Gasteiger partial charge in [0.1, 0.15) is 6.33 Å². The summed E-state index contributed by atoms with van der Waals surface area (Å²) in [6, 6.07) is 10.4. The van der Waals surface area contributed by atoms with Crippen LogP contribution in [0, 0.1) is 10.1 Å². The van der Waals surface area contributed by atoms with Crippen molar-refractivity contribution in [1.29, 1.82) is 0 Å². The van der Waals surface area contributed by atoms with E-state index in [1.807, 2.05) is 15.9 Å². The van der Waals surface area contributed by atoms with Crippen LogP contribution in [0.1, 0.15) is 12.5 Å². The molecule has 9 heteroatoms. The Balaban J connectivity index is 1.47. The van der Waals surface area contributed by atoms with Gasteiger partial charge in [0.2, 0.25) is 11.6 Å². The molecule has 9 nitrogen and oxygen atoms in total. The van der Waals surface area contributed by atoms with Gasteiger partial charge in [-0.3, -0.25) is 15.0 Å². The van der Waals surface area contributed by atoms with Crippen LogP contribution in [-0.2, 0) is 6.54 Å². The largest absolute Gasteiger partial charge is 0.353 e. The zero-order valence-corrected chi connectivity index (χ0v) is 17.5. The van der Waals surface area contributed by atoms with Crippen molar-refractivity contribution in [3.8, 4) is 0 Å². The summed E-state index contributed by atoms with van der Waals surface area (Å²) in [5.74, 6) is 0.898. The van der Waals surface area contributed by atoms with E-state index in [1.54, 1.807) is 0 Å². The normalized spacial score (nSPS) is 18.6. The van der Waals surface area contributed by atoms with E-state index in [9.17, 15) is 10.1 Å². The van der Waals surface area contributed by atoms with Gasteiger partial charge in [0, 0.05) is 58.9 Å². The predicted molar refractivity (Wildman–Crippen MR) is 117 cm³/mol. The third-order valence-corrected chi connectivity index (χ3v) is 6.01. The molecular formula is C21H29N7O2. The number of hydrogen-bond donors (Lipinski definition) is 0. The second-order valence-electron chi connectivity index (χ2n) is 7.80. The predicted octanol–water partition coefficient (Wildman–Crippen LogP) is 1.85. The van der Waals surface area contributed by atoms with Crippen molar-refractivity contribution in [2.24, 2.45) is 0 Å². The molecule has 160 valence electrons. The fourth-order valence-electron chi connectivity index (χ4n) is 4.22. The van der Waals surface area contributed by atoms with Crippen LogP contribution in [0.4, 0.5) is 17.3 Å². The monoisotopic (exact) mass is 411 g/mol. The van der Waals surface area contributed by atoms with Crippen LogP contribution in [-0.4, -0.2) is 83.6 Å². The van der Waals surface area contributed by atoms with Gasteiger partial charge in [0.05, 0.1) is 4.92 Å². The first-order valence-electron chi connectivity index (χ1n) is 10.6. The number of hydrogen-bond acceptors (Lipinski definition) is 8. The first-order chi connectivity index (χ1) is 14.7. The molecule has 1 aromatic carbocycles. The molecule has 3 heterocycles. The fourth-order valence-corrected chi connectivity index (χ4v) is 4.22. The molecule has 2 fully saturated rings. The number of likely N-dealkylation sites (N-methyl/N-ethyl adjacent to an activating group) is 1.